The van der Waals surface area contributed by atoms with Crippen molar-refractivity contribution in [3.05, 3.63) is 28.8 Å². The van der Waals surface area contributed by atoms with Gasteiger partial charge in [0.1, 0.15) is 5.75 Å². The summed E-state index contributed by atoms with van der Waals surface area (Å²) >= 11 is 5.92. The number of ether oxygens (including phenoxy) is 2. The van der Waals surface area contributed by atoms with Crippen LogP contribution in [0.1, 0.15) is 25.8 Å². The van der Waals surface area contributed by atoms with E-state index in [-0.39, 0.29) is 5.60 Å². The first-order chi connectivity index (χ1) is 7.98. The molecule has 4 heteroatoms. The van der Waals surface area contributed by atoms with Crippen LogP contribution in [0, 0.1) is 0 Å². The largest absolute Gasteiger partial charge is 0.493 e. The summed E-state index contributed by atoms with van der Waals surface area (Å²) in [5, 5.41) is 0.656. The Bertz CT molecular complexity index is 366. The maximum absolute atomic E-state index is 5.92. The van der Waals surface area contributed by atoms with Crippen LogP contribution in [-0.4, -0.2) is 19.3 Å². The van der Waals surface area contributed by atoms with Crippen molar-refractivity contribution in [2.75, 3.05) is 13.7 Å². The zero-order chi connectivity index (χ0) is 12.9. The van der Waals surface area contributed by atoms with E-state index in [4.69, 9.17) is 26.8 Å². The lowest BCUT2D eigenvalue weighted by molar-refractivity contribution is 0.00538. The van der Waals surface area contributed by atoms with Crippen molar-refractivity contribution in [3.8, 4) is 5.75 Å². The summed E-state index contributed by atoms with van der Waals surface area (Å²) in [5.74, 6) is 0.756. The minimum atomic E-state index is -0.179. The maximum atomic E-state index is 5.92. The molecule has 0 spiro atoms. The number of hydrogen-bond acceptors (Lipinski definition) is 3. The Labute approximate surface area is 108 Å². The zero-order valence-corrected chi connectivity index (χ0v) is 11.4. The van der Waals surface area contributed by atoms with Gasteiger partial charge in [-0.2, -0.15) is 0 Å². The third-order valence-corrected chi connectivity index (χ3v) is 3.00. The van der Waals surface area contributed by atoms with Crippen LogP contribution in [0.3, 0.4) is 0 Å². The molecule has 0 heterocycles. The van der Waals surface area contributed by atoms with Crippen LogP contribution in [0.4, 0.5) is 0 Å². The average Bonchev–Trinajstić information content (AvgIpc) is 2.29. The Morgan fingerprint density at radius 3 is 2.65 bits per heavy atom. The summed E-state index contributed by atoms with van der Waals surface area (Å²) in [6, 6.07) is 5.50. The monoisotopic (exact) mass is 257 g/mol. The molecule has 96 valence electrons. The molecule has 0 amide bonds. The van der Waals surface area contributed by atoms with E-state index < -0.39 is 0 Å². The molecule has 3 nitrogen and oxygen atoms in total. The molecule has 1 aromatic carbocycles. The molecule has 0 saturated carbocycles. The second-order valence-corrected chi connectivity index (χ2v) is 4.95. The standard InChI is InChI=1S/C13H20ClNO2/c1-13(2,16-3)6-7-17-12-8-11(14)5-4-10(12)9-15/h4-5,8H,6-7,9,15H2,1-3H3. The van der Waals surface area contributed by atoms with Crippen molar-refractivity contribution in [1.29, 1.82) is 0 Å². The molecule has 0 aliphatic heterocycles. The molecule has 0 aliphatic rings. The summed E-state index contributed by atoms with van der Waals surface area (Å²) in [7, 11) is 1.70. The van der Waals surface area contributed by atoms with Gasteiger partial charge in [-0.05, 0) is 26.0 Å². The number of methoxy groups -OCH3 is 1. The van der Waals surface area contributed by atoms with Gasteiger partial charge < -0.3 is 15.2 Å². The fourth-order valence-corrected chi connectivity index (χ4v) is 1.50. The van der Waals surface area contributed by atoms with Crippen molar-refractivity contribution in [1.82, 2.24) is 0 Å². The average molecular weight is 258 g/mol. The first-order valence-corrected chi connectivity index (χ1v) is 6.03. The molecule has 0 aliphatic carbocycles. The topological polar surface area (TPSA) is 44.5 Å². The van der Waals surface area contributed by atoms with Crippen LogP contribution in [0.25, 0.3) is 0 Å². The van der Waals surface area contributed by atoms with Crippen molar-refractivity contribution >= 4 is 11.6 Å². The zero-order valence-electron chi connectivity index (χ0n) is 10.6. The number of rotatable bonds is 6. The fourth-order valence-electron chi connectivity index (χ4n) is 1.34. The summed E-state index contributed by atoms with van der Waals surface area (Å²) in [6.45, 7) is 5.07. The Hall–Kier alpha value is -0.770. The van der Waals surface area contributed by atoms with E-state index >= 15 is 0 Å². The quantitative estimate of drug-likeness (QED) is 0.852. The van der Waals surface area contributed by atoms with Crippen LogP contribution in [0.5, 0.6) is 5.75 Å². The van der Waals surface area contributed by atoms with Gasteiger partial charge in [0.15, 0.2) is 0 Å². The van der Waals surface area contributed by atoms with E-state index in [9.17, 15) is 0 Å². The van der Waals surface area contributed by atoms with E-state index in [0.717, 1.165) is 17.7 Å². The van der Waals surface area contributed by atoms with Gasteiger partial charge in [-0.1, -0.05) is 17.7 Å². The molecule has 1 rings (SSSR count). The highest BCUT2D eigenvalue weighted by Crippen LogP contribution is 2.24. The highest BCUT2D eigenvalue weighted by molar-refractivity contribution is 6.30. The minimum Gasteiger partial charge on any atom is -0.493 e. The molecule has 0 bridgehead atoms. The van der Waals surface area contributed by atoms with Gasteiger partial charge in [0.2, 0.25) is 0 Å². The van der Waals surface area contributed by atoms with E-state index in [1.807, 2.05) is 26.0 Å². The summed E-state index contributed by atoms with van der Waals surface area (Å²) < 4.78 is 11.0. The van der Waals surface area contributed by atoms with E-state index in [1.165, 1.54) is 0 Å². The van der Waals surface area contributed by atoms with Gasteiger partial charge in [0.25, 0.3) is 0 Å². The first-order valence-electron chi connectivity index (χ1n) is 5.65. The van der Waals surface area contributed by atoms with E-state index in [0.29, 0.717) is 18.2 Å². The number of hydrogen-bond donors (Lipinski definition) is 1. The molecular formula is C13H20ClNO2. The lowest BCUT2D eigenvalue weighted by Gasteiger charge is -2.23. The molecule has 1 aromatic rings. The summed E-state index contributed by atoms with van der Waals surface area (Å²) in [6.07, 6.45) is 0.806. The molecule has 0 aromatic heterocycles. The fraction of sp³-hybridized carbons (Fsp3) is 0.538. The van der Waals surface area contributed by atoms with Gasteiger partial charge in [-0.3, -0.25) is 0 Å². The van der Waals surface area contributed by atoms with Gasteiger partial charge in [-0.15, -0.1) is 0 Å². The van der Waals surface area contributed by atoms with Crippen LogP contribution >= 0.6 is 11.6 Å². The third kappa shape index (κ3) is 4.54. The summed E-state index contributed by atoms with van der Waals surface area (Å²) in [5.41, 5.74) is 6.42. The first kappa shape index (κ1) is 14.3. The second kappa shape index (κ2) is 6.24. The van der Waals surface area contributed by atoms with Crippen molar-refractivity contribution in [3.63, 3.8) is 0 Å². The molecule has 0 atom stereocenters. The maximum Gasteiger partial charge on any atom is 0.125 e. The normalized spacial score (nSPS) is 11.6. The smallest absolute Gasteiger partial charge is 0.125 e. The number of halogens is 1. The number of benzene rings is 1. The van der Waals surface area contributed by atoms with E-state index in [1.54, 1.807) is 13.2 Å². The molecule has 0 fully saturated rings. The minimum absolute atomic E-state index is 0.179. The summed E-state index contributed by atoms with van der Waals surface area (Å²) in [4.78, 5) is 0. The molecule has 0 radical (unpaired) electrons. The lowest BCUT2D eigenvalue weighted by Crippen LogP contribution is -2.25. The van der Waals surface area contributed by atoms with Crippen LogP contribution in [0.15, 0.2) is 18.2 Å². The third-order valence-electron chi connectivity index (χ3n) is 2.76. The predicted octanol–water partition coefficient (Wildman–Crippen LogP) is 2.99. The van der Waals surface area contributed by atoms with Crippen LogP contribution in [0.2, 0.25) is 5.02 Å². The Kier molecular flexibility index (Phi) is 5.25. The molecule has 0 saturated heterocycles. The van der Waals surface area contributed by atoms with Gasteiger partial charge in [0.05, 0.1) is 12.2 Å². The van der Waals surface area contributed by atoms with Crippen molar-refractivity contribution in [2.24, 2.45) is 5.73 Å². The van der Waals surface area contributed by atoms with Crippen molar-refractivity contribution < 1.29 is 9.47 Å². The Balaban J connectivity index is 2.59. The van der Waals surface area contributed by atoms with Gasteiger partial charge in [-0.25, -0.2) is 0 Å². The highest BCUT2D eigenvalue weighted by Gasteiger charge is 2.16. The molecule has 0 unspecified atom stereocenters. The van der Waals surface area contributed by atoms with Gasteiger partial charge >= 0.3 is 0 Å². The lowest BCUT2D eigenvalue weighted by atomic mass is 10.1. The Morgan fingerprint density at radius 2 is 2.06 bits per heavy atom. The number of nitrogens with two attached hydrogens (primary N) is 1. The SMILES string of the molecule is COC(C)(C)CCOc1cc(Cl)ccc1CN. The molecule has 17 heavy (non-hydrogen) atoms. The van der Waals surface area contributed by atoms with Crippen molar-refractivity contribution in [2.45, 2.75) is 32.4 Å². The highest BCUT2D eigenvalue weighted by atomic mass is 35.5. The second-order valence-electron chi connectivity index (χ2n) is 4.52. The van der Waals surface area contributed by atoms with Gasteiger partial charge in [0, 0.05) is 30.7 Å². The Morgan fingerprint density at radius 1 is 1.35 bits per heavy atom. The van der Waals surface area contributed by atoms with E-state index in [2.05, 4.69) is 0 Å². The molecule has 2 N–H and O–H groups in total. The van der Waals surface area contributed by atoms with Crippen LogP contribution < -0.4 is 10.5 Å². The molecular weight excluding hydrogens is 238 g/mol. The van der Waals surface area contributed by atoms with Crippen LogP contribution in [-0.2, 0) is 11.3 Å². The predicted molar refractivity (Wildman–Crippen MR) is 70.5 cm³/mol.